The SMILES string of the molecule is O=C1CC[C@H]2CN(c3ncccc3Cl)CC[C@H]2N1CCCCO. The molecule has 6 heteroatoms. The molecule has 2 atom stereocenters. The number of pyridine rings is 1. The van der Waals surface area contributed by atoms with Gasteiger partial charge in [-0.25, -0.2) is 4.98 Å². The smallest absolute Gasteiger partial charge is 0.222 e. The van der Waals surface area contributed by atoms with E-state index in [-0.39, 0.29) is 12.5 Å². The van der Waals surface area contributed by atoms with Crippen molar-refractivity contribution in [2.75, 3.05) is 31.1 Å². The van der Waals surface area contributed by atoms with Crippen LogP contribution in [0, 0.1) is 5.92 Å². The molecule has 5 nitrogen and oxygen atoms in total. The third-order valence-electron chi connectivity index (χ3n) is 4.99. The summed E-state index contributed by atoms with van der Waals surface area (Å²) in [5.41, 5.74) is 0. The van der Waals surface area contributed by atoms with Crippen LogP contribution in [0.15, 0.2) is 18.3 Å². The van der Waals surface area contributed by atoms with E-state index in [4.69, 9.17) is 16.7 Å². The second-order valence-corrected chi connectivity index (χ2v) is 6.83. The first-order valence-corrected chi connectivity index (χ1v) is 8.84. The minimum atomic E-state index is 0.197. The van der Waals surface area contributed by atoms with E-state index in [1.54, 1.807) is 6.20 Å². The molecule has 23 heavy (non-hydrogen) atoms. The first-order chi connectivity index (χ1) is 11.2. The van der Waals surface area contributed by atoms with E-state index in [0.29, 0.717) is 23.4 Å². The molecule has 0 aromatic carbocycles. The average Bonchev–Trinajstić information content (AvgIpc) is 2.57. The molecule has 0 bridgehead atoms. The van der Waals surface area contributed by atoms with Crippen molar-refractivity contribution in [2.45, 2.75) is 38.1 Å². The van der Waals surface area contributed by atoms with E-state index in [1.165, 1.54) is 0 Å². The third kappa shape index (κ3) is 3.61. The van der Waals surface area contributed by atoms with Gasteiger partial charge in [0.1, 0.15) is 5.82 Å². The van der Waals surface area contributed by atoms with Crippen molar-refractivity contribution in [3.63, 3.8) is 0 Å². The highest BCUT2D eigenvalue weighted by Gasteiger charge is 2.39. The lowest BCUT2D eigenvalue weighted by Gasteiger charge is -2.47. The summed E-state index contributed by atoms with van der Waals surface area (Å²) in [5, 5.41) is 9.64. The van der Waals surface area contributed by atoms with E-state index in [9.17, 15) is 4.79 Å². The van der Waals surface area contributed by atoms with Crippen molar-refractivity contribution in [1.82, 2.24) is 9.88 Å². The Balaban J connectivity index is 1.67. The fourth-order valence-electron chi connectivity index (χ4n) is 3.84. The zero-order valence-electron chi connectivity index (χ0n) is 13.3. The van der Waals surface area contributed by atoms with Crippen molar-refractivity contribution < 1.29 is 9.90 Å². The molecule has 2 fully saturated rings. The van der Waals surface area contributed by atoms with Crippen molar-refractivity contribution >= 4 is 23.3 Å². The van der Waals surface area contributed by atoms with Crippen LogP contribution in [0.3, 0.4) is 0 Å². The van der Waals surface area contributed by atoms with Crippen LogP contribution in [-0.2, 0) is 4.79 Å². The van der Waals surface area contributed by atoms with Gasteiger partial charge in [0.15, 0.2) is 0 Å². The van der Waals surface area contributed by atoms with E-state index in [0.717, 1.165) is 51.1 Å². The van der Waals surface area contributed by atoms with E-state index in [1.807, 2.05) is 12.1 Å². The van der Waals surface area contributed by atoms with Crippen molar-refractivity contribution in [3.8, 4) is 0 Å². The molecule has 1 aromatic heterocycles. The first-order valence-electron chi connectivity index (χ1n) is 8.46. The van der Waals surface area contributed by atoms with Crippen molar-refractivity contribution in [3.05, 3.63) is 23.4 Å². The van der Waals surface area contributed by atoms with Crippen LogP contribution >= 0.6 is 11.6 Å². The number of halogens is 1. The van der Waals surface area contributed by atoms with E-state index >= 15 is 0 Å². The number of nitrogens with zero attached hydrogens (tertiary/aromatic N) is 3. The highest BCUT2D eigenvalue weighted by Crippen LogP contribution is 2.34. The molecule has 1 amide bonds. The van der Waals surface area contributed by atoms with Crippen LogP contribution in [0.1, 0.15) is 32.1 Å². The molecule has 2 aliphatic heterocycles. The zero-order valence-corrected chi connectivity index (χ0v) is 14.1. The number of rotatable bonds is 5. The number of hydrogen-bond acceptors (Lipinski definition) is 4. The van der Waals surface area contributed by atoms with Gasteiger partial charge in [0, 0.05) is 44.9 Å². The maximum atomic E-state index is 12.3. The molecule has 126 valence electrons. The quantitative estimate of drug-likeness (QED) is 0.838. The van der Waals surface area contributed by atoms with Crippen LogP contribution in [0.2, 0.25) is 5.02 Å². The Morgan fingerprint density at radius 3 is 3.00 bits per heavy atom. The predicted molar refractivity (Wildman–Crippen MR) is 90.6 cm³/mol. The van der Waals surface area contributed by atoms with Gasteiger partial charge in [-0.1, -0.05) is 11.6 Å². The van der Waals surface area contributed by atoms with Crippen LogP contribution in [0.4, 0.5) is 5.82 Å². The summed E-state index contributed by atoms with van der Waals surface area (Å²) in [6, 6.07) is 4.05. The lowest BCUT2D eigenvalue weighted by Crippen LogP contribution is -2.56. The Bertz CT molecular complexity index is 554. The molecule has 2 aliphatic rings. The van der Waals surface area contributed by atoms with Gasteiger partial charge in [0.25, 0.3) is 0 Å². The van der Waals surface area contributed by atoms with Crippen molar-refractivity contribution in [1.29, 1.82) is 0 Å². The summed E-state index contributed by atoms with van der Waals surface area (Å²) in [6.07, 6.45) is 5.95. The number of amides is 1. The molecular formula is C17H24ClN3O2. The number of carbonyl (C=O) groups excluding carboxylic acids is 1. The van der Waals surface area contributed by atoms with Gasteiger partial charge in [-0.15, -0.1) is 0 Å². The lowest BCUT2D eigenvalue weighted by molar-refractivity contribution is -0.139. The summed E-state index contributed by atoms with van der Waals surface area (Å²) in [4.78, 5) is 21.0. The molecule has 0 unspecified atom stereocenters. The normalized spacial score (nSPS) is 24.7. The molecule has 0 aliphatic carbocycles. The highest BCUT2D eigenvalue weighted by molar-refractivity contribution is 6.32. The molecule has 2 saturated heterocycles. The number of aliphatic hydroxyl groups excluding tert-OH is 1. The van der Waals surface area contributed by atoms with Gasteiger partial charge >= 0.3 is 0 Å². The Hall–Kier alpha value is -1.33. The second kappa shape index (κ2) is 7.49. The Labute approximate surface area is 142 Å². The lowest BCUT2D eigenvalue weighted by atomic mass is 9.83. The average molecular weight is 338 g/mol. The van der Waals surface area contributed by atoms with Gasteiger partial charge in [-0.2, -0.15) is 0 Å². The maximum absolute atomic E-state index is 12.3. The number of fused-ring (bicyclic) bond motifs is 1. The zero-order chi connectivity index (χ0) is 16.2. The first kappa shape index (κ1) is 16.5. The standard InChI is InChI=1S/C17H24ClN3O2/c18-14-4-3-8-19-17(14)20-10-7-15-13(12-20)5-6-16(23)21(15)9-1-2-11-22/h3-4,8,13,15,22H,1-2,5-7,9-12H2/t13-,15+/m0/s1. The van der Waals surface area contributed by atoms with E-state index < -0.39 is 0 Å². The number of aliphatic hydroxyl groups is 1. The number of unbranched alkanes of at least 4 members (excludes halogenated alkanes) is 1. The summed E-state index contributed by atoms with van der Waals surface area (Å²) >= 11 is 6.28. The summed E-state index contributed by atoms with van der Waals surface area (Å²) in [7, 11) is 0. The molecule has 0 spiro atoms. The summed E-state index contributed by atoms with van der Waals surface area (Å²) in [6.45, 7) is 2.75. The molecule has 3 rings (SSSR count). The minimum Gasteiger partial charge on any atom is -0.396 e. The molecule has 0 saturated carbocycles. The van der Waals surface area contributed by atoms with E-state index in [2.05, 4.69) is 14.8 Å². The number of aromatic nitrogens is 1. The fourth-order valence-corrected chi connectivity index (χ4v) is 4.08. The number of anilines is 1. The van der Waals surface area contributed by atoms with Gasteiger partial charge in [0.2, 0.25) is 5.91 Å². The molecule has 1 aromatic rings. The Kier molecular flexibility index (Phi) is 5.38. The molecule has 3 heterocycles. The van der Waals surface area contributed by atoms with Crippen LogP contribution in [0.25, 0.3) is 0 Å². The molecular weight excluding hydrogens is 314 g/mol. The summed E-state index contributed by atoms with van der Waals surface area (Å²) < 4.78 is 0. The fraction of sp³-hybridized carbons (Fsp3) is 0.647. The predicted octanol–water partition coefficient (Wildman–Crippen LogP) is 2.32. The third-order valence-corrected chi connectivity index (χ3v) is 5.28. The van der Waals surface area contributed by atoms with Crippen LogP contribution in [0.5, 0.6) is 0 Å². The minimum absolute atomic E-state index is 0.197. The number of likely N-dealkylation sites (tertiary alicyclic amines) is 1. The monoisotopic (exact) mass is 337 g/mol. The van der Waals surface area contributed by atoms with Crippen LogP contribution in [-0.4, -0.2) is 53.2 Å². The van der Waals surface area contributed by atoms with Gasteiger partial charge < -0.3 is 14.9 Å². The number of carbonyl (C=O) groups is 1. The Morgan fingerprint density at radius 1 is 1.35 bits per heavy atom. The van der Waals surface area contributed by atoms with Gasteiger partial charge in [-0.05, 0) is 43.7 Å². The maximum Gasteiger partial charge on any atom is 0.222 e. The Morgan fingerprint density at radius 2 is 2.22 bits per heavy atom. The number of hydrogen-bond donors (Lipinski definition) is 1. The molecule has 0 radical (unpaired) electrons. The van der Waals surface area contributed by atoms with Gasteiger partial charge in [0.05, 0.1) is 5.02 Å². The largest absolute Gasteiger partial charge is 0.396 e. The van der Waals surface area contributed by atoms with Crippen LogP contribution < -0.4 is 4.90 Å². The van der Waals surface area contributed by atoms with Crippen molar-refractivity contribution in [2.24, 2.45) is 5.92 Å². The second-order valence-electron chi connectivity index (χ2n) is 6.43. The highest BCUT2D eigenvalue weighted by atomic mass is 35.5. The summed E-state index contributed by atoms with van der Waals surface area (Å²) in [5.74, 6) is 1.61. The van der Waals surface area contributed by atoms with Gasteiger partial charge in [-0.3, -0.25) is 4.79 Å². The number of piperidine rings is 2. The topological polar surface area (TPSA) is 56.7 Å². The molecule has 1 N–H and O–H groups in total.